The first-order valence-corrected chi connectivity index (χ1v) is 8.20. The molecule has 0 aliphatic heterocycles. The van der Waals surface area contributed by atoms with E-state index in [4.69, 9.17) is 0 Å². The van der Waals surface area contributed by atoms with Crippen molar-refractivity contribution < 1.29 is 14.7 Å². The van der Waals surface area contributed by atoms with Crippen LogP contribution < -0.4 is 10.2 Å². The number of carbonyl (C=O) groups excluding carboxylic acids is 1. The third-order valence-corrected chi connectivity index (χ3v) is 4.22. The molecule has 1 aliphatic rings. The number of hydrogen-bond donors (Lipinski definition) is 2. The first kappa shape index (κ1) is 17.3. The van der Waals surface area contributed by atoms with Gasteiger partial charge in [0.2, 0.25) is 5.91 Å². The average molecular weight is 318 g/mol. The monoisotopic (exact) mass is 318 g/mol. The van der Waals surface area contributed by atoms with Gasteiger partial charge in [0, 0.05) is 23.3 Å². The minimum absolute atomic E-state index is 0.0376. The molecule has 0 bridgehead atoms. The summed E-state index contributed by atoms with van der Waals surface area (Å²) in [5.74, 6) is 0.549. The van der Waals surface area contributed by atoms with Crippen molar-refractivity contribution in [3.63, 3.8) is 0 Å². The van der Waals surface area contributed by atoms with Gasteiger partial charge in [-0.25, -0.2) is 4.79 Å². The fourth-order valence-corrected chi connectivity index (χ4v) is 3.17. The van der Waals surface area contributed by atoms with Crippen molar-refractivity contribution in [1.82, 2.24) is 0 Å². The maximum Gasteiger partial charge on any atom is 0.412 e. The van der Waals surface area contributed by atoms with Gasteiger partial charge in [0.15, 0.2) is 0 Å². The molecular weight excluding hydrogens is 292 g/mol. The van der Waals surface area contributed by atoms with Gasteiger partial charge in [0.25, 0.3) is 0 Å². The Morgan fingerprint density at radius 2 is 1.74 bits per heavy atom. The van der Waals surface area contributed by atoms with E-state index in [0.29, 0.717) is 23.7 Å². The molecule has 1 aromatic carbocycles. The van der Waals surface area contributed by atoms with Crippen molar-refractivity contribution in [3.05, 3.63) is 24.3 Å². The summed E-state index contributed by atoms with van der Waals surface area (Å²) in [6.07, 6.45) is 4.33. The number of benzene rings is 1. The maximum absolute atomic E-state index is 12.0. The van der Waals surface area contributed by atoms with E-state index in [0.717, 1.165) is 12.8 Å². The number of carboxylic acid groups (broad SMARTS) is 1. The molecule has 0 saturated heterocycles. The second-order valence-electron chi connectivity index (χ2n) is 7.24. The zero-order chi connectivity index (χ0) is 17.0. The molecule has 0 atom stereocenters. The molecule has 5 heteroatoms. The Morgan fingerprint density at radius 3 is 2.22 bits per heavy atom. The van der Waals surface area contributed by atoms with Crippen LogP contribution in [0.1, 0.15) is 52.9 Å². The molecule has 0 spiro atoms. The fraction of sp³-hybridized carbons (Fsp3) is 0.556. The summed E-state index contributed by atoms with van der Waals surface area (Å²) in [7, 11) is 0. The van der Waals surface area contributed by atoms with E-state index in [2.05, 4.69) is 5.32 Å². The molecule has 0 radical (unpaired) electrons. The van der Waals surface area contributed by atoms with Gasteiger partial charge >= 0.3 is 6.09 Å². The molecule has 126 valence electrons. The summed E-state index contributed by atoms with van der Waals surface area (Å²) in [4.78, 5) is 24.8. The van der Waals surface area contributed by atoms with E-state index in [1.807, 2.05) is 20.8 Å². The largest absolute Gasteiger partial charge is 0.465 e. The molecule has 2 amide bonds. The van der Waals surface area contributed by atoms with Crippen LogP contribution in [0.25, 0.3) is 0 Å². The first-order valence-electron chi connectivity index (χ1n) is 8.20. The van der Waals surface area contributed by atoms with Gasteiger partial charge in [-0.1, -0.05) is 12.8 Å². The molecule has 2 rings (SSSR count). The topological polar surface area (TPSA) is 69.6 Å². The van der Waals surface area contributed by atoms with Crippen LogP contribution in [0.15, 0.2) is 24.3 Å². The zero-order valence-corrected chi connectivity index (χ0v) is 14.1. The molecule has 23 heavy (non-hydrogen) atoms. The third-order valence-electron chi connectivity index (χ3n) is 4.22. The molecule has 5 nitrogen and oxygen atoms in total. The quantitative estimate of drug-likeness (QED) is 0.859. The number of nitrogens with zero attached hydrogens (tertiary/aromatic N) is 1. The lowest BCUT2D eigenvalue weighted by Gasteiger charge is -2.33. The Balaban J connectivity index is 2.00. The molecule has 1 fully saturated rings. The highest BCUT2D eigenvalue weighted by atomic mass is 16.4. The van der Waals surface area contributed by atoms with Crippen LogP contribution in [0.3, 0.4) is 0 Å². The molecule has 1 aliphatic carbocycles. The van der Waals surface area contributed by atoms with Crippen LogP contribution in [-0.2, 0) is 4.79 Å². The molecule has 0 heterocycles. The molecular formula is C18H26N2O3. The minimum atomic E-state index is -0.990. The normalized spacial score (nSPS) is 15.4. The lowest BCUT2D eigenvalue weighted by Crippen LogP contribution is -2.45. The Hall–Kier alpha value is -2.04. The number of rotatable bonds is 4. The Labute approximate surface area is 137 Å². The van der Waals surface area contributed by atoms with Crippen LogP contribution in [-0.4, -0.2) is 22.6 Å². The van der Waals surface area contributed by atoms with Crippen LogP contribution in [0, 0.1) is 5.92 Å². The highest BCUT2D eigenvalue weighted by Gasteiger charge is 2.27. The van der Waals surface area contributed by atoms with Gasteiger partial charge in [0.05, 0.1) is 0 Å². The van der Waals surface area contributed by atoms with Crippen molar-refractivity contribution in [2.45, 2.75) is 58.4 Å². The summed E-state index contributed by atoms with van der Waals surface area (Å²) in [5, 5.41) is 12.3. The molecule has 1 saturated carbocycles. The number of anilines is 2. The highest BCUT2D eigenvalue weighted by Crippen LogP contribution is 2.28. The van der Waals surface area contributed by atoms with E-state index in [1.54, 1.807) is 24.3 Å². The molecule has 1 aromatic rings. The van der Waals surface area contributed by atoms with E-state index in [-0.39, 0.29) is 5.91 Å². The van der Waals surface area contributed by atoms with E-state index >= 15 is 0 Å². The predicted molar refractivity (Wildman–Crippen MR) is 91.9 cm³/mol. The van der Waals surface area contributed by atoms with Crippen molar-refractivity contribution in [2.75, 3.05) is 10.2 Å². The summed E-state index contributed by atoms with van der Waals surface area (Å²) >= 11 is 0. The van der Waals surface area contributed by atoms with Crippen molar-refractivity contribution in [2.24, 2.45) is 5.92 Å². The summed E-state index contributed by atoms with van der Waals surface area (Å²) in [6, 6.07) is 6.96. The Bertz CT molecular complexity index is 555. The van der Waals surface area contributed by atoms with Crippen molar-refractivity contribution in [3.8, 4) is 0 Å². The predicted octanol–water partition coefficient (Wildman–Crippen LogP) is 4.49. The van der Waals surface area contributed by atoms with Crippen molar-refractivity contribution >= 4 is 23.4 Å². The number of amides is 2. The third kappa shape index (κ3) is 4.71. The Kier molecular flexibility index (Phi) is 5.29. The summed E-state index contributed by atoms with van der Waals surface area (Å²) in [6.45, 7) is 5.54. The van der Waals surface area contributed by atoms with Gasteiger partial charge in [-0.3, -0.25) is 9.69 Å². The SMILES string of the molecule is CC(C)(C)N(C(=O)O)c1ccc(NC(=O)CC2CCCC2)cc1. The summed E-state index contributed by atoms with van der Waals surface area (Å²) in [5.41, 5.74) is 0.772. The highest BCUT2D eigenvalue weighted by molar-refractivity contribution is 5.92. The minimum Gasteiger partial charge on any atom is -0.465 e. The zero-order valence-electron chi connectivity index (χ0n) is 14.1. The lowest BCUT2D eigenvalue weighted by molar-refractivity contribution is -0.117. The number of carbonyl (C=O) groups is 2. The van der Waals surface area contributed by atoms with Gasteiger partial charge in [-0.05, 0) is 63.8 Å². The van der Waals surface area contributed by atoms with E-state index < -0.39 is 11.6 Å². The molecule has 0 aromatic heterocycles. The first-order chi connectivity index (χ1) is 10.8. The lowest BCUT2D eigenvalue weighted by atomic mass is 10.0. The smallest absolute Gasteiger partial charge is 0.412 e. The number of hydrogen-bond acceptors (Lipinski definition) is 2. The van der Waals surface area contributed by atoms with E-state index in [9.17, 15) is 14.7 Å². The molecule has 0 unspecified atom stereocenters. The van der Waals surface area contributed by atoms with E-state index in [1.165, 1.54) is 17.7 Å². The van der Waals surface area contributed by atoms with Gasteiger partial charge < -0.3 is 10.4 Å². The van der Waals surface area contributed by atoms with Gasteiger partial charge in [-0.2, -0.15) is 0 Å². The van der Waals surface area contributed by atoms with Crippen LogP contribution >= 0.6 is 0 Å². The van der Waals surface area contributed by atoms with Crippen molar-refractivity contribution in [1.29, 1.82) is 0 Å². The van der Waals surface area contributed by atoms with Gasteiger partial charge in [-0.15, -0.1) is 0 Å². The molecule has 2 N–H and O–H groups in total. The average Bonchev–Trinajstić information content (AvgIpc) is 2.91. The second kappa shape index (κ2) is 7.02. The van der Waals surface area contributed by atoms with Gasteiger partial charge in [0.1, 0.15) is 0 Å². The maximum atomic E-state index is 12.0. The standard InChI is InChI=1S/C18H26N2O3/c1-18(2,3)20(17(22)23)15-10-8-14(9-11-15)19-16(21)12-13-6-4-5-7-13/h8-11,13H,4-7,12H2,1-3H3,(H,19,21)(H,22,23). The fourth-order valence-electron chi connectivity index (χ4n) is 3.17. The number of nitrogens with one attached hydrogen (secondary N) is 1. The van der Waals surface area contributed by atoms with Crippen LogP contribution in [0.4, 0.5) is 16.2 Å². The summed E-state index contributed by atoms with van der Waals surface area (Å²) < 4.78 is 0. The second-order valence-corrected chi connectivity index (χ2v) is 7.24. The Morgan fingerprint density at radius 1 is 1.17 bits per heavy atom. The van der Waals surface area contributed by atoms with Crippen LogP contribution in [0.2, 0.25) is 0 Å². The van der Waals surface area contributed by atoms with Crippen LogP contribution in [0.5, 0.6) is 0 Å².